The molecule has 0 saturated carbocycles. The van der Waals surface area contributed by atoms with Crippen molar-refractivity contribution in [3.05, 3.63) is 12.7 Å². The molecule has 10 heavy (non-hydrogen) atoms. The second-order valence-electron chi connectivity index (χ2n) is 3.13. The van der Waals surface area contributed by atoms with Crippen LogP contribution in [0.25, 0.3) is 0 Å². The molecule has 0 aromatic carbocycles. The van der Waals surface area contributed by atoms with Crippen molar-refractivity contribution in [2.24, 2.45) is 10.4 Å². The molecule has 1 nitrogen and oxygen atoms in total. The number of hydrogen-bond acceptors (Lipinski definition) is 2. The van der Waals surface area contributed by atoms with Crippen LogP contribution in [0.2, 0.25) is 0 Å². The molecule has 0 aromatic heterocycles. The highest BCUT2D eigenvalue weighted by Gasteiger charge is 2.27. The van der Waals surface area contributed by atoms with Crippen molar-refractivity contribution in [1.29, 1.82) is 0 Å². The van der Waals surface area contributed by atoms with Gasteiger partial charge in [-0.1, -0.05) is 19.9 Å². The molecule has 0 bridgehead atoms. The molecular weight excluding hydrogens is 142 g/mol. The van der Waals surface area contributed by atoms with Gasteiger partial charge in [0.2, 0.25) is 0 Å². The molecule has 2 heteroatoms. The fraction of sp³-hybridized carbons (Fsp3) is 0.625. The van der Waals surface area contributed by atoms with Crippen molar-refractivity contribution in [2.75, 3.05) is 5.75 Å². The van der Waals surface area contributed by atoms with E-state index in [9.17, 15) is 0 Å². The number of rotatable bonds is 2. The molecule has 0 saturated heterocycles. The standard InChI is InChI=1S/C8H13NS/c1-4-8(2,3)7-5-10-6-9-7/h4,6-7H,1,5H2,2-3H3. The summed E-state index contributed by atoms with van der Waals surface area (Å²) in [7, 11) is 0. The van der Waals surface area contributed by atoms with E-state index in [0.717, 1.165) is 5.75 Å². The van der Waals surface area contributed by atoms with Gasteiger partial charge in [0.15, 0.2) is 0 Å². The Morgan fingerprint density at radius 2 is 2.50 bits per heavy atom. The fourth-order valence-corrected chi connectivity index (χ4v) is 1.85. The Hall–Kier alpha value is -0.240. The SMILES string of the molecule is C=CC(C)(C)C1CSC=N1. The third kappa shape index (κ3) is 1.43. The van der Waals surface area contributed by atoms with Crippen molar-refractivity contribution in [3.8, 4) is 0 Å². The van der Waals surface area contributed by atoms with E-state index in [1.165, 1.54) is 0 Å². The van der Waals surface area contributed by atoms with Gasteiger partial charge in [-0.05, 0) is 0 Å². The van der Waals surface area contributed by atoms with E-state index in [4.69, 9.17) is 0 Å². The number of aliphatic imine (C=N–C) groups is 1. The Morgan fingerprint density at radius 1 is 1.80 bits per heavy atom. The lowest BCUT2D eigenvalue weighted by atomic mass is 9.86. The Balaban J connectivity index is 2.62. The van der Waals surface area contributed by atoms with Gasteiger partial charge in [0.25, 0.3) is 0 Å². The summed E-state index contributed by atoms with van der Waals surface area (Å²) in [5.74, 6) is 1.11. The van der Waals surface area contributed by atoms with E-state index in [1.54, 1.807) is 11.8 Å². The maximum absolute atomic E-state index is 4.34. The summed E-state index contributed by atoms with van der Waals surface area (Å²) in [6.45, 7) is 8.14. The zero-order valence-electron chi connectivity index (χ0n) is 6.50. The van der Waals surface area contributed by atoms with E-state index >= 15 is 0 Å². The summed E-state index contributed by atoms with van der Waals surface area (Å²) < 4.78 is 0. The first-order chi connectivity index (χ1) is 4.67. The van der Waals surface area contributed by atoms with Crippen molar-refractivity contribution < 1.29 is 0 Å². The summed E-state index contributed by atoms with van der Waals surface area (Å²) in [6.07, 6.45) is 1.99. The highest BCUT2D eigenvalue weighted by atomic mass is 32.2. The summed E-state index contributed by atoms with van der Waals surface area (Å²) in [6, 6.07) is 0.440. The first-order valence-corrected chi connectivity index (χ1v) is 4.48. The summed E-state index contributed by atoms with van der Waals surface area (Å²) >= 11 is 1.78. The quantitative estimate of drug-likeness (QED) is 0.557. The molecule has 0 fully saturated rings. The smallest absolute Gasteiger partial charge is 0.0685 e. The lowest BCUT2D eigenvalue weighted by Crippen LogP contribution is -2.25. The van der Waals surface area contributed by atoms with Crippen LogP contribution < -0.4 is 0 Å². The predicted octanol–water partition coefficient (Wildman–Crippen LogP) is 2.34. The topological polar surface area (TPSA) is 12.4 Å². The predicted molar refractivity (Wildman–Crippen MR) is 48.7 cm³/mol. The molecule has 1 atom stereocenters. The second kappa shape index (κ2) is 2.79. The average molecular weight is 155 g/mol. The zero-order chi connectivity index (χ0) is 7.61. The Bertz CT molecular complexity index is 161. The van der Waals surface area contributed by atoms with Gasteiger partial charge in [0, 0.05) is 11.2 Å². The maximum atomic E-state index is 4.34. The van der Waals surface area contributed by atoms with Gasteiger partial charge in [-0.25, -0.2) is 0 Å². The van der Waals surface area contributed by atoms with E-state index in [0.29, 0.717) is 6.04 Å². The second-order valence-corrected chi connectivity index (χ2v) is 4.01. The van der Waals surface area contributed by atoms with Crippen molar-refractivity contribution >= 4 is 17.3 Å². The molecule has 1 heterocycles. The van der Waals surface area contributed by atoms with Gasteiger partial charge in [-0.2, -0.15) is 0 Å². The Morgan fingerprint density at radius 3 is 2.90 bits per heavy atom. The monoisotopic (exact) mass is 155 g/mol. The maximum Gasteiger partial charge on any atom is 0.0685 e. The fourth-order valence-electron chi connectivity index (χ4n) is 0.837. The van der Waals surface area contributed by atoms with Gasteiger partial charge in [-0.15, -0.1) is 18.3 Å². The van der Waals surface area contributed by atoms with E-state index in [1.807, 2.05) is 11.6 Å². The van der Waals surface area contributed by atoms with Gasteiger partial charge < -0.3 is 0 Å². The van der Waals surface area contributed by atoms with E-state index in [-0.39, 0.29) is 5.41 Å². The van der Waals surface area contributed by atoms with E-state index in [2.05, 4.69) is 25.4 Å². The van der Waals surface area contributed by atoms with Crippen LogP contribution >= 0.6 is 11.8 Å². The highest BCUT2D eigenvalue weighted by Crippen LogP contribution is 2.29. The van der Waals surface area contributed by atoms with Gasteiger partial charge in [0.05, 0.1) is 11.6 Å². The minimum atomic E-state index is 0.167. The Kier molecular flexibility index (Phi) is 2.19. The van der Waals surface area contributed by atoms with Crippen LogP contribution in [-0.4, -0.2) is 17.3 Å². The third-order valence-electron chi connectivity index (χ3n) is 1.95. The molecule has 56 valence electrons. The molecule has 1 aliphatic heterocycles. The van der Waals surface area contributed by atoms with Crippen molar-refractivity contribution in [2.45, 2.75) is 19.9 Å². The molecule has 0 amide bonds. The number of hydrogen-bond donors (Lipinski definition) is 0. The minimum Gasteiger partial charge on any atom is -0.281 e. The van der Waals surface area contributed by atoms with Crippen LogP contribution in [0.1, 0.15) is 13.8 Å². The molecule has 1 rings (SSSR count). The minimum absolute atomic E-state index is 0.167. The van der Waals surface area contributed by atoms with Crippen LogP contribution in [0.3, 0.4) is 0 Å². The molecule has 0 aliphatic carbocycles. The molecular formula is C8H13NS. The lowest BCUT2D eigenvalue weighted by molar-refractivity contribution is 0.406. The zero-order valence-corrected chi connectivity index (χ0v) is 7.32. The normalized spacial score (nSPS) is 25.2. The molecule has 0 N–H and O–H groups in total. The van der Waals surface area contributed by atoms with Gasteiger partial charge >= 0.3 is 0 Å². The van der Waals surface area contributed by atoms with Crippen LogP contribution in [0.5, 0.6) is 0 Å². The average Bonchev–Trinajstić information content (AvgIpc) is 2.38. The largest absolute Gasteiger partial charge is 0.281 e. The lowest BCUT2D eigenvalue weighted by Gasteiger charge is -2.24. The Labute approximate surface area is 66.6 Å². The van der Waals surface area contributed by atoms with E-state index < -0.39 is 0 Å². The summed E-state index contributed by atoms with van der Waals surface area (Å²) in [5, 5.41) is 0. The molecule has 1 unspecified atom stereocenters. The molecule has 0 aromatic rings. The van der Waals surface area contributed by atoms with Crippen LogP contribution in [0.4, 0.5) is 0 Å². The molecule has 0 radical (unpaired) electrons. The first kappa shape index (κ1) is 7.86. The molecule has 0 spiro atoms. The summed E-state index contributed by atoms with van der Waals surface area (Å²) in [5.41, 5.74) is 2.11. The number of nitrogens with zero attached hydrogens (tertiary/aromatic N) is 1. The van der Waals surface area contributed by atoms with Gasteiger partial charge in [-0.3, -0.25) is 4.99 Å². The summed E-state index contributed by atoms with van der Waals surface area (Å²) in [4.78, 5) is 4.34. The van der Waals surface area contributed by atoms with Crippen LogP contribution in [0.15, 0.2) is 17.6 Å². The van der Waals surface area contributed by atoms with Crippen molar-refractivity contribution in [1.82, 2.24) is 0 Å². The highest BCUT2D eigenvalue weighted by molar-refractivity contribution is 8.12. The number of thioether (sulfide) groups is 1. The van der Waals surface area contributed by atoms with Crippen molar-refractivity contribution in [3.63, 3.8) is 0 Å². The van der Waals surface area contributed by atoms with Gasteiger partial charge in [0.1, 0.15) is 0 Å². The molecule has 1 aliphatic rings. The first-order valence-electron chi connectivity index (χ1n) is 3.43. The van der Waals surface area contributed by atoms with Crippen LogP contribution in [-0.2, 0) is 0 Å². The van der Waals surface area contributed by atoms with Crippen LogP contribution in [0, 0.1) is 5.41 Å². The third-order valence-corrected chi connectivity index (χ3v) is 2.73.